The van der Waals surface area contributed by atoms with Crippen LogP contribution < -0.4 is 0 Å². The largest absolute Gasteiger partial charge is 0.283 e. The Morgan fingerprint density at radius 2 is 1.55 bits per heavy atom. The number of nitrogens with zero attached hydrogens (tertiary/aromatic N) is 1. The Balaban J connectivity index is 2.37. The van der Waals surface area contributed by atoms with Gasteiger partial charge in [0.15, 0.2) is 0 Å². The minimum atomic E-state index is -3.83. The van der Waals surface area contributed by atoms with Crippen LogP contribution in [0.5, 0.6) is 0 Å². The number of rotatable bonds is 3. The molecule has 0 atom stereocenters. The van der Waals surface area contributed by atoms with Crippen LogP contribution in [0.4, 0.5) is 0 Å². The summed E-state index contributed by atoms with van der Waals surface area (Å²) in [6.07, 6.45) is 0. The molecule has 0 heterocycles. The van der Waals surface area contributed by atoms with Crippen LogP contribution in [0.3, 0.4) is 0 Å². The van der Waals surface area contributed by atoms with Crippen molar-refractivity contribution in [3.8, 4) is 0 Å². The van der Waals surface area contributed by atoms with Gasteiger partial charge in [0.25, 0.3) is 10.0 Å². The summed E-state index contributed by atoms with van der Waals surface area (Å²) in [7, 11) is -3.83. The first-order valence-corrected chi connectivity index (χ1v) is 8.39. The molecular formula is C13H8BrCl2NO2S. The van der Waals surface area contributed by atoms with Gasteiger partial charge in [-0.25, -0.2) is 0 Å². The first kappa shape index (κ1) is 15.5. The van der Waals surface area contributed by atoms with Crippen molar-refractivity contribution in [2.24, 2.45) is 4.40 Å². The molecule has 2 aromatic rings. The van der Waals surface area contributed by atoms with Crippen molar-refractivity contribution in [2.75, 3.05) is 0 Å². The van der Waals surface area contributed by atoms with E-state index in [9.17, 15) is 8.42 Å². The van der Waals surface area contributed by atoms with E-state index in [1.54, 1.807) is 36.4 Å². The van der Waals surface area contributed by atoms with E-state index in [1.807, 2.05) is 0 Å². The summed E-state index contributed by atoms with van der Waals surface area (Å²) in [5.41, 5.74) is 0.483. The van der Waals surface area contributed by atoms with E-state index in [2.05, 4.69) is 20.3 Å². The molecule has 0 aliphatic heterocycles. The molecule has 0 aliphatic rings. The molecule has 0 bridgehead atoms. The van der Waals surface area contributed by atoms with Gasteiger partial charge in [-0.3, -0.25) is 0 Å². The summed E-state index contributed by atoms with van der Waals surface area (Å²) in [5.74, 6) is 0. The van der Waals surface area contributed by atoms with Crippen LogP contribution in [0.2, 0.25) is 5.02 Å². The highest BCUT2D eigenvalue weighted by atomic mass is 79.9. The number of sulfonamides is 1. The molecule has 0 N–H and O–H groups in total. The quantitative estimate of drug-likeness (QED) is 0.723. The number of hydrogen-bond donors (Lipinski definition) is 0. The van der Waals surface area contributed by atoms with Crippen molar-refractivity contribution in [1.29, 1.82) is 0 Å². The lowest BCUT2D eigenvalue weighted by molar-refractivity contribution is 0.598. The van der Waals surface area contributed by atoms with E-state index in [0.717, 1.165) is 4.47 Å². The molecule has 0 saturated heterocycles. The number of hydrogen-bond acceptors (Lipinski definition) is 2. The monoisotopic (exact) mass is 391 g/mol. The molecule has 0 fully saturated rings. The molecule has 0 radical (unpaired) electrons. The summed E-state index contributed by atoms with van der Waals surface area (Å²) in [6.45, 7) is 0. The summed E-state index contributed by atoms with van der Waals surface area (Å²) in [4.78, 5) is 0.0767. The molecule has 104 valence electrons. The van der Waals surface area contributed by atoms with Gasteiger partial charge in [0.1, 0.15) is 5.17 Å². The van der Waals surface area contributed by atoms with Gasteiger partial charge in [0.05, 0.1) is 4.90 Å². The fourth-order valence-corrected chi connectivity index (χ4v) is 3.10. The second kappa shape index (κ2) is 6.26. The second-order valence-corrected chi connectivity index (χ2v) is 7.13. The van der Waals surface area contributed by atoms with Gasteiger partial charge in [0, 0.05) is 15.1 Å². The van der Waals surface area contributed by atoms with Crippen LogP contribution >= 0.6 is 39.1 Å². The smallest absolute Gasteiger partial charge is 0.199 e. The Hall–Kier alpha value is -0.880. The van der Waals surface area contributed by atoms with Crippen molar-refractivity contribution in [1.82, 2.24) is 0 Å². The summed E-state index contributed by atoms with van der Waals surface area (Å²) >= 11 is 14.9. The van der Waals surface area contributed by atoms with Crippen LogP contribution in [0.15, 0.2) is 62.3 Å². The molecule has 0 aromatic heterocycles. The third-order valence-corrected chi connectivity index (χ3v) is 4.87. The maximum atomic E-state index is 12.1. The number of benzene rings is 2. The Bertz CT molecular complexity index is 741. The first-order valence-electron chi connectivity index (χ1n) is 5.40. The van der Waals surface area contributed by atoms with Crippen LogP contribution in [-0.4, -0.2) is 13.6 Å². The lowest BCUT2D eigenvalue weighted by atomic mass is 10.2. The predicted octanol–water partition coefficient (Wildman–Crippen LogP) is 4.48. The van der Waals surface area contributed by atoms with Crippen molar-refractivity contribution in [3.05, 3.63) is 63.6 Å². The lowest BCUT2D eigenvalue weighted by Crippen LogP contribution is -2.01. The highest BCUT2D eigenvalue weighted by Crippen LogP contribution is 2.19. The highest BCUT2D eigenvalue weighted by molar-refractivity contribution is 9.10. The zero-order valence-electron chi connectivity index (χ0n) is 9.92. The highest BCUT2D eigenvalue weighted by Gasteiger charge is 2.14. The molecule has 7 heteroatoms. The van der Waals surface area contributed by atoms with E-state index in [4.69, 9.17) is 23.2 Å². The topological polar surface area (TPSA) is 46.5 Å². The van der Waals surface area contributed by atoms with Crippen LogP contribution in [0.25, 0.3) is 0 Å². The van der Waals surface area contributed by atoms with Crippen molar-refractivity contribution in [3.63, 3.8) is 0 Å². The Kier molecular flexibility index (Phi) is 4.86. The van der Waals surface area contributed by atoms with Crippen molar-refractivity contribution >= 4 is 54.3 Å². The molecule has 20 heavy (non-hydrogen) atoms. The Morgan fingerprint density at radius 1 is 1.00 bits per heavy atom. The van der Waals surface area contributed by atoms with Gasteiger partial charge in [0.2, 0.25) is 0 Å². The van der Waals surface area contributed by atoms with E-state index < -0.39 is 10.0 Å². The average Bonchev–Trinajstić information content (AvgIpc) is 2.39. The van der Waals surface area contributed by atoms with Crippen LogP contribution in [0.1, 0.15) is 5.56 Å². The van der Waals surface area contributed by atoms with Crippen LogP contribution in [0, 0.1) is 0 Å². The van der Waals surface area contributed by atoms with Gasteiger partial charge in [-0.15, -0.1) is 4.40 Å². The number of halogens is 3. The van der Waals surface area contributed by atoms with Gasteiger partial charge in [-0.2, -0.15) is 8.42 Å². The molecule has 0 spiro atoms. The summed E-state index contributed by atoms with van der Waals surface area (Å²) in [5, 5.41) is 0.429. The molecule has 3 nitrogen and oxygen atoms in total. The second-order valence-electron chi connectivity index (χ2n) is 3.82. The zero-order chi connectivity index (χ0) is 14.8. The first-order chi connectivity index (χ1) is 9.38. The molecule has 2 aromatic carbocycles. The van der Waals surface area contributed by atoms with Crippen molar-refractivity contribution < 1.29 is 8.42 Å². The molecule has 0 saturated carbocycles. The van der Waals surface area contributed by atoms with E-state index in [1.165, 1.54) is 12.1 Å². The maximum Gasteiger partial charge on any atom is 0.283 e. The van der Waals surface area contributed by atoms with E-state index in [0.29, 0.717) is 10.6 Å². The lowest BCUT2D eigenvalue weighted by Gasteiger charge is -2.01. The van der Waals surface area contributed by atoms with E-state index in [-0.39, 0.29) is 10.1 Å². The van der Waals surface area contributed by atoms with Gasteiger partial charge in [-0.05, 0) is 36.4 Å². The Morgan fingerprint density at radius 3 is 2.10 bits per heavy atom. The molecule has 0 unspecified atom stereocenters. The predicted molar refractivity (Wildman–Crippen MR) is 85.2 cm³/mol. The van der Waals surface area contributed by atoms with Crippen molar-refractivity contribution in [2.45, 2.75) is 4.90 Å². The fraction of sp³-hybridized carbons (Fsp3) is 0. The SMILES string of the molecule is O=S(=O)(N=C(Cl)c1ccc(Cl)cc1)c1ccc(Br)cc1. The van der Waals surface area contributed by atoms with Gasteiger partial charge < -0.3 is 0 Å². The maximum absolute atomic E-state index is 12.1. The molecule has 0 aliphatic carbocycles. The normalized spacial score (nSPS) is 12.4. The fourth-order valence-electron chi connectivity index (χ4n) is 1.40. The zero-order valence-corrected chi connectivity index (χ0v) is 13.8. The van der Waals surface area contributed by atoms with Crippen LogP contribution in [-0.2, 0) is 10.0 Å². The summed E-state index contributed by atoms with van der Waals surface area (Å²) in [6, 6.07) is 12.6. The molecular weight excluding hydrogens is 385 g/mol. The third kappa shape index (κ3) is 3.82. The van der Waals surface area contributed by atoms with Gasteiger partial charge >= 0.3 is 0 Å². The minimum absolute atomic E-state index is 0.0767. The van der Waals surface area contributed by atoms with Gasteiger partial charge in [-0.1, -0.05) is 51.3 Å². The minimum Gasteiger partial charge on any atom is -0.199 e. The average molecular weight is 393 g/mol. The summed E-state index contributed by atoms with van der Waals surface area (Å²) < 4.78 is 28.5. The Labute approximate surface area is 135 Å². The molecule has 2 rings (SSSR count). The standard InChI is InChI=1S/C13H8BrCl2NO2S/c14-10-3-7-12(8-4-10)20(18,19)17-13(16)9-1-5-11(15)6-2-9/h1-8H. The van der Waals surface area contributed by atoms with E-state index >= 15 is 0 Å². The third-order valence-electron chi connectivity index (χ3n) is 2.39. The molecule has 0 amide bonds.